The number of carbonyl (C=O) groups excluding carboxylic acids is 1. The number of nitrogens with zero attached hydrogens (tertiary/aromatic N) is 1. The van der Waals surface area contributed by atoms with Crippen LogP contribution in [0.25, 0.3) is 0 Å². The van der Waals surface area contributed by atoms with Crippen LogP contribution < -0.4 is 0 Å². The summed E-state index contributed by atoms with van der Waals surface area (Å²) in [6, 6.07) is 1.92. The third-order valence-corrected chi connectivity index (χ3v) is 1.61. The molecule has 0 bridgehead atoms. The third kappa shape index (κ3) is 5.18. The number of nitriles is 1. The average molecular weight is 211 g/mol. The number of hydrogen-bond donors (Lipinski definition) is 0. The zero-order chi connectivity index (χ0) is 12.1. The van der Waals surface area contributed by atoms with Crippen LogP contribution in [0.2, 0.25) is 0 Å². The topological polar surface area (TPSA) is 59.3 Å². The van der Waals surface area contributed by atoms with E-state index in [0.717, 1.165) is 6.08 Å². The van der Waals surface area contributed by atoms with Crippen LogP contribution in [-0.4, -0.2) is 18.4 Å². The Hall–Kier alpha value is -1.34. The summed E-state index contributed by atoms with van der Waals surface area (Å²) < 4.78 is 10.3. The molecule has 0 spiro atoms. The van der Waals surface area contributed by atoms with Gasteiger partial charge in [0.05, 0.1) is 6.07 Å². The molecule has 0 aliphatic heterocycles. The number of ether oxygens (including phenoxy) is 2. The van der Waals surface area contributed by atoms with Gasteiger partial charge in [-0.2, -0.15) is 5.26 Å². The molecule has 2 atom stereocenters. The van der Waals surface area contributed by atoms with Crippen molar-refractivity contribution in [2.24, 2.45) is 5.41 Å². The van der Waals surface area contributed by atoms with Gasteiger partial charge in [-0.05, 0) is 6.92 Å². The van der Waals surface area contributed by atoms with Crippen molar-refractivity contribution in [2.45, 2.75) is 40.1 Å². The van der Waals surface area contributed by atoms with E-state index in [-0.39, 0.29) is 5.41 Å². The molecule has 0 aliphatic carbocycles. The molecule has 4 heteroatoms. The van der Waals surface area contributed by atoms with Gasteiger partial charge in [0.25, 0.3) is 0 Å². The summed E-state index contributed by atoms with van der Waals surface area (Å²) in [5, 5.41) is 8.61. The first-order valence-corrected chi connectivity index (χ1v) is 4.69. The summed E-state index contributed by atoms with van der Waals surface area (Å²) >= 11 is 0. The molecule has 0 rings (SSSR count). The lowest BCUT2D eigenvalue weighted by atomic mass is 9.96. The molecule has 84 valence electrons. The highest BCUT2D eigenvalue weighted by Crippen LogP contribution is 2.24. The van der Waals surface area contributed by atoms with Crippen molar-refractivity contribution in [1.29, 1.82) is 5.26 Å². The van der Waals surface area contributed by atoms with Gasteiger partial charge >= 0.3 is 5.97 Å². The summed E-state index contributed by atoms with van der Waals surface area (Å²) in [6.45, 7) is 10.5. The molecule has 4 nitrogen and oxygen atoms in total. The second kappa shape index (κ2) is 5.52. The molecule has 0 heterocycles. The summed E-state index contributed by atoms with van der Waals surface area (Å²) in [5.74, 6) is -0.555. The monoisotopic (exact) mass is 211 g/mol. The SMILES string of the molecule is C=CC(=O)OC(OC(C)C#N)C(C)(C)C. The van der Waals surface area contributed by atoms with Crippen molar-refractivity contribution < 1.29 is 14.3 Å². The Labute approximate surface area is 90.5 Å². The quantitative estimate of drug-likeness (QED) is 0.405. The Bertz CT molecular complexity index is 273. The van der Waals surface area contributed by atoms with E-state index in [0.29, 0.717) is 0 Å². The molecule has 0 amide bonds. The van der Waals surface area contributed by atoms with Crippen molar-refractivity contribution in [3.8, 4) is 6.07 Å². The van der Waals surface area contributed by atoms with E-state index in [4.69, 9.17) is 14.7 Å². The van der Waals surface area contributed by atoms with Gasteiger partial charge in [-0.1, -0.05) is 27.4 Å². The fourth-order valence-corrected chi connectivity index (χ4v) is 0.778. The van der Waals surface area contributed by atoms with Crippen LogP contribution in [-0.2, 0) is 14.3 Å². The molecule has 0 aromatic heterocycles. The van der Waals surface area contributed by atoms with Crippen molar-refractivity contribution in [1.82, 2.24) is 0 Å². The van der Waals surface area contributed by atoms with Crippen LogP contribution >= 0.6 is 0 Å². The average Bonchev–Trinajstić information content (AvgIpc) is 2.14. The summed E-state index contributed by atoms with van der Waals surface area (Å²) in [4.78, 5) is 11.0. The van der Waals surface area contributed by atoms with Crippen molar-refractivity contribution in [3.63, 3.8) is 0 Å². The van der Waals surface area contributed by atoms with Crippen molar-refractivity contribution in [3.05, 3.63) is 12.7 Å². The largest absolute Gasteiger partial charge is 0.432 e. The Morgan fingerprint density at radius 2 is 2.07 bits per heavy atom. The summed E-state index contributed by atoms with van der Waals surface area (Å²) in [7, 11) is 0. The predicted molar refractivity (Wildman–Crippen MR) is 55.7 cm³/mol. The van der Waals surface area contributed by atoms with Crippen LogP contribution in [0.5, 0.6) is 0 Å². The summed E-state index contributed by atoms with van der Waals surface area (Å²) in [5.41, 5.74) is -0.385. The lowest BCUT2D eigenvalue weighted by Gasteiger charge is -2.30. The van der Waals surface area contributed by atoms with E-state index in [1.807, 2.05) is 26.8 Å². The second-order valence-electron chi connectivity index (χ2n) is 4.25. The Morgan fingerprint density at radius 3 is 2.40 bits per heavy atom. The standard InChI is InChI=1S/C11H17NO3/c1-6-9(13)15-10(11(3,4)5)14-8(2)7-12/h6,8,10H,1H2,2-5H3. The van der Waals surface area contributed by atoms with Gasteiger partial charge in [0.15, 0.2) is 0 Å². The van der Waals surface area contributed by atoms with Gasteiger partial charge < -0.3 is 9.47 Å². The minimum absolute atomic E-state index is 0.385. The van der Waals surface area contributed by atoms with Crippen LogP contribution in [0.15, 0.2) is 12.7 Å². The highest BCUT2D eigenvalue weighted by molar-refractivity contribution is 5.81. The van der Waals surface area contributed by atoms with Gasteiger partial charge in [-0.25, -0.2) is 4.79 Å². The van der Waals surface area contributed by atoms with E-state index >= 15 is 0 Å². The first kappa shape index (κ1) is 13.7. The van der Waals surface area contributed by atoms with E-state index in [2.05, 4.69) is 6.58 Å². The minimum Gasteiger partial charge on any atom is -0.432 e. The van der Waals surface area contributed by atoms with Crippen molar-refractivity contribution in [2.75, 3.05) is 0 Å². The molecule has 0 aliphatic rings. The molecule has 0 saturated heterocycles. The van der Waals surface area contributed by atoms with Gasteiger partial charge in [0.1, 0.15) is 6.10 Å². The molecule has 0 radical (unpaired) electrons. The molecule has 0 N–H and O–H groups in total. The molecule has 0 aromatic carbocycles. The molecular formula is C11H17NO3. The lowest BCUT2D eigenvalue weighted by molar-refractivity contribution is -0.205. The first-order valence-electron chi connectivity index (χ1n) is 4.69. The minimum atomic E-state index is -0.752. The molecule has 0 saturated carbocycles. The maximum Gasteiger partial charge on any atom is 0.332 e. The van der Waals surface area contributed by atoms with Crippen LogP contribution in [0.4, 0.5) is 0 Å². The van der Waals surface area contributed by atoms with Gasteiger partial charge in [0.2, 0.25) is 6.29 Å². The highest BCUT2D eigenvalue weighted by Gasteiger charge is 2.30. The van der Waals surface area contributed by atoms with Gasteiger partial charge in [-0.3, -0.25) is 0 Å². The number of hydrogen-bond acceptors (Lipinski definition) is 4. The van der Waals surface area contributed by atoms with E-state index in [1.54, 1.807) is 6.92 Å². The van der Waals surface area contributed by atoms with Crippen LogP contribution in [0, 0.1) is 16.7 Å². The van der Waals surface area contributed by atoms with Gasteiger partial charge in [0, 0.05) is 11.5 Å². The zero-order valence-corrected chi connectivity index (χ0v) is 9.61. The molecule has 0 fully saturated rings. The molecule has 15 heavy (non-hydrogen) atoms. The van der Waals surface area contributed by atoms with Crippen LogP contribution in [0.3, 0.4) is 0 Å². The maximum absolute atomic E-state index is 11.0. The molecular weight excluding hydrogens is 194 g/mol. The smallest absolute Gasteiger partial charge is 0.332 e. The lowest BCUT2D eigenvalue weighted by Crippen LogP contribution is -2.36. The fourth-order valence-electron chi connectivity index (χ4n) is 0.778. The Balaban J connectivity index is 4.54. The third-order valence-electron chi connectivity index (χ3n) is 1.61. The van der Waals surface area contributed by atoms with Crippen LogP contribution in [0.1, 0.15) is 27.7 Å². The maximum atomic E-state index is 11.0. The number of carbonyl (C=O) groups is 1. The first-order chi connectivity index (χ1) is 6.81. The van der Waals surface area contributed by atoms with Gasteiger partial charge in [-0.15, -0.1) is 0 Å². The van der Waals surface area contributed by atoms with Crippen molar-refractivity contribution >= 4 is 5.97 Å². The Morgan fingerprint density at radius 1 is 1.53 bits per heavy atom. The van der Waals surface area contributed by atoms with E-state index in [1.165, 1.54) is 0 Å². The Kier molecular flexibility index (Phi) is 5.03. The highest BCUT2D eigenvalue weighted by atomic mass is 16.7. The number of esters is 1. The second-order valence-corrected chi connectivity index (χ2v) is 4.25. The summed E-state index contributed by atoms with van der Waals surface area (Å²) in [6.07, 6.45) is -0.302. The molecule has 0 aromatic rings. The zero-order valence-electron chi connectivity index (χ0n) is 9.61. The van der Waals surface area contributed by atoms with E-state index in [9.17, 15) is 4.79 Å². The van der Waals surface area contributed by atoms with E-state index < -0.39 is 18.4 Å². The fraction of sp³-hybridized carbons (Fsp3) is 0.636. The number of rotatable bonds is 4. The molecule has 2 unspecified atom stereocenters. The normalized spacial score (nSPS) is 14.9. The predicted octanol–water partition coefficient (Wildman–Crippen LogP) is 2.02.